The fourth-order valence-corrected chi connectivity index (χ4v) is 1.83. The molecule has 5 heteroatoms. The molecule has 0 saturated heterocycles. The van der Waals surface area contributed by atoms with Gasteiger partial charge in [0.15, 0.2) is 0 Å². The first-order valence-corrected chi connectivity index (χ1v) is 6.05. The van der Waals surface area contributed by atoms with Crippen LogP contribution in [-0.2, 0) is 4.79 Å². The Morgan fingerprint density at radius 2 is 2.11 bits per heavy atom. The molecule has 19 heavy (non-hydrogen) atoms. The van der Waals surface area contributed by atoms with Gasteiger partial charge in [-0.3, -0.25) is 10.1 Å². The quantitative estimate of drug-likeness (QED) is 0.911. The molecule has 1 N–H and O–H groups in total. The van der Waals surface area contributed by atoms with Gasteiger partial charge in [0, 0.05) is 11.5 Å². The summed E-state index contributed by atoms with van der Waals surface area (Å²) in [6.07, 6.45) is 1.79. The molecule has 0 radical (unpaired) electrons. The van der Waals surface area contributed by atoms with Crippen LogP contribution < -0.4 is 5.32 Å². The fraction of sp³-hybridized carbons (Fsp3) is 0.214. The summed E-state index contributed by atoms with van der Waals surface area (Å²) in [5, 5.41) is 15.7. The van der Waals surface area contributed by atoms with Crippen LogP contribution >= 0.6 is 0 Å². The summed E-state index contributed by atoms with van der Waals surface area (Å²) in [5.41, 5.74) is 1.50. The second-order valence-corrected chi connectivity index (χ2v) is 4.48. The monoisotopic (exact) mass is 253 g/mol. The van der Waals surface area contributed by atoms with Crippen LogP contribution in [0.2, 0.25) is 0 Å². The standard InChI is InChI=1S/C14H11N3O2/c15-8-11-12(9-4-2-1-3-5-9)17-19-14(11)16-13(18)10-6-7-10/h1-5,10H,6-7H2,(H,16,18). The average molecular weight is 253 g/mol. The third-order valence-corrected chi connectivity index (χ3v) is 3.04. The smallest absolute Gasteiger partial charge is 0.249 e. The molecule has 1 fully saturated rings. The summed E-state index contributed by atoms with van der Waals surface area (Å²) in [7, 11) is 0. The number of anilines is 1. The number of amides is 1. The van der Waals surface area contributed by atoms with E-state index in [9.17, 15) is 10.1 Å². The summed E-state index contributed by atoms with van der Waals surface area (Å²) in [4.78, 5) is 11.7. The molecule has 1 aliphatic rings. The second kappa shape index (κ2) is 4.58. The van der Waals surface area contributed by atoms with Crippen molar-refractivity contribution in [2.45, 2.75) is 12.8 Å². The van der Waals surface area contributed by atoms with E-state index in [2.05, 4.69) is 10.5 Å². The molecule has 0 bridgehead atoms. The summed E-state index contributed by atoms with van der Waals surface area (Å²) >= 11 is 0. The van der Waals surface area contributed by atoms with Gasteiger partial charge < -0.3 is 4.52 Å². The zero-order chi connectivity index (χ0) is 13.2. The molecule has 3 rings (SSSR count). The van der Waals surface area contributed by atoms with Gasteiger partial charge in [0.25, 0.3) is 0 Å². The number of hydrogen-bond acceptors (Lipinski definition) is 4. The third kappa shape index (κ3) is 2.20. The van der Waals surface area contributed by atoms with Crippen molar-refractivity contribution < 1.29 is 9.32 Å². The number of carbonyl (C=O) groups excluding carboxylic acids is 1. The van der Waals surface area contributed by atoms with Crippen molar-refractivity contribution in [1.82, 2.24) is 5.16 Å². The van der Waals surface area contributed by atoms with Crippen molar-refractivity contribution in [3.8, 4) is 17.3 Å². The van der Waals surface area contributed by atoms with Crippen LogP contribution in [0.1, 0.15) is 18.4 Å². The van der Waals surface area contributed by atoms with Crippen molar-refractivity contribution in [2.75, 3.05) is 5.32 Å². The summed E-state index contributed by atoms with van der Waals surface area (Å²) in [5.74, 6) is 0.0855. The van der Waals surface area contributed by atoms with Crippen molar-refractivity contribution in [2.24, 2.45) is 5.92 Å². The van der Waals surface area contributed by atoms with E-state index in [0.717, 1.165) is 18.4 Å². The van der Waals surface area contributed by atoms with E-state index in [1.807, 2.05) is 36.4 Å². The number of nitrogens with zero attached hydrogens (tertiary/aromatic N) is 2. The van der Waals surface area contributed by atoms with Gasteiger partial charge in [0.2, 0.25) is 11.8 Å². The third-order valence-electron chi connectivity index (χ3n) is 3.04. The first-order valence-electron chi connectivity index (χ1n) is 6.05. The van der Waals surface area contributed by atoms with Gasteiger partial charge in [-0.05, 0) is 12.8 Å². The van der Waals surface area contributed by atoms with Gasteiger partial charge in [-0.2, -0.15) is 5.26 Å². The molecule has 1 amide bonds. The van der Waals surface area contributed by atoms with Crippen LogP contribution in [0.3, 0.4) is 0 Å². The summed E-state index contributed by atoms with van der Waals surface area (Å²) in [6.45, 7) is 0. The Morgan fingerprint density at radius 3 is 2.74 bits per heavy atom. The largest absolute Gasteiger partial charge is 0.336 e. The Morgan fingerprint density at radius 1 is 1.37 bits per heavy atom. The predicted molar refractivity (Wildman–Crippen MR) is 68.0 cm³/mol. The lowest BCUT2D eigenvalue weighted by Crippen LogP contribution is -2.13. The second-order valence-electron chi connectivity index (χ2n) is 4.48. The van der Waals surface area contributed by atoms with E-state index < -0.39 is 0 Å². The minimum atomic E-state index is -0.104. The number of aromatic nitrogens is 1. The lowest BCUT2D eigenvalue weighted by Gasteiger charge is -1.99. The highest BCUT2D eigenvalue weighted by Gasteiger charge is 2.31. The first-order chi connectivity index (χ1) is 9.29. The molecule has 1 aromatic heterocycles. The minimum Gasteiger partial charge on any atom is -0.336 e. The highest BCUT2D eigenvalue weighted by molar-refractivity contribution is 5.94. The number of carbonyl (C=O) groups is 1. The first kappa shape index (κ1) is 11.5. The van der Waals surface area contributed by atoms with Gasteiger partial charge in [-0.15, -0.1) is 0 Å². The van der Waals surface area contributed by atoms with E-state index in [4.69, 9.17) is 4.52 Å². The van der Waals surface area contributed by atoms with Gasteiger partial charge in [0.05, 0.1) is 0 Å². The number of nitriles is 1. The Balaban J connectivity index is 1.93. The van der Waals surface area contributed by atoms with Gasteiger partial charge in [-0.1, -0.05) is 35.5 Å². The van der Waals surface area contributed by atoms with Gasteiger partial charge >= 0.3 is 0 Å². The molecule has 5 nitrogen and oxygen atoms in total. The summed E-state index contributed by atoms with van der Waals surface area (Å²) < 4.78 is 5.09. The molecule has 94 valence electrons. The lowest BCUT2D eigenvalue weighted by atomic mass is 10.1. The van der Waals surface area contributed by atoms with Crippen LogP contribution in [-0.4, -0.2) is 11.1 Å². The summed E-state index contributed by atoms with van der Waals surface area (Å²) in [6, 6.07) is 11.3. The van der Waals surface area contributed by atoms with Gasteiger partial charge in [0.1, 0.15) is 17.3 Å². The number of rotatable bonds is 3. The van der Waals surface area contributed by atoms with E-state index in [1.165, 1.54) is 0 Å². The van der Waals surface area contributed by atoms with Crippen LogP contribution in [0.5, 0.6) is 0 Å². The van der Waals surface area contributed by atoms with Crippen LogP contribution in [0, 0.1) is 17.2 Å². The van der Waals surface area contributed by atoms with Crippen molar-refractivity contribution in [1.29, 1.82) is 5.26 Å². The van der Waals surface area contributed by atoms with Crippen molar-refractivity contribution >= 4 is 11.8 Å². The SMILES string of the molecule is N#Cc1c(-c2ccccc2)noc1NC(=O)C1CC1. The maximum absolute atomic E-state index is 11.7. The van der Waals surface area contributed by atoms with E-state index in [0.29, 0.717) is 5.69 Å². The maximum Gasteiger partial charge on any atom is 0.249 e. The molecule has 1 heterocycles. The predicted octanol–water partition coefficient (Wildman–Crippen LogP) is 2.56. The Bertz CT molecular complexity index is 651. The Kier molecular flexibility index (Phi) is 2.76. The van der Waals surface area contributed by atoms with E-state index in [1.54, 1.807) is 0 Å². The van der Waals surface area contributed by atoms with Gasteiger partial charge in [-0.25, -0.2) is 0 Å². The van der Waals surface area contributed by atoms with Crippen LogP contribution in [0.4, 0.5) is 5.88 Å². The van der Waals surface area contributed by atoms with Crippen LogP contribution in [0.25, 0.3) is 11.3 Å². The van der Waals surface area contributed by atoms with Crippen molar-refractivity contribution in [3.63, 3.8) is 0 Å². The molecular weight excluding hydrogens is 242 g/mol. The van der Waals surface area contributed by atoms with Crippen molar-refractivity contribution in [3.05, 3.63) is 35.9 Å². The molecule has 0 spiro atoms. The fourth-order valence-electron chi connectivity index (χ4n) is 1.83. The maximum atomic E-state index is 11.7. The topological polar surface area (TPSA) is 78.9 Å². The molecule has 0 aliphatic heterocycles. The zero-order valence-corrected chi connectivity index (χ0v) is 10.1. The van der Waals surface area contributed by atoms with Crippen LogP contribution in [0.15, 0.2) is 34.9 Å². The van der Waals surface area contributed by atoms with E-state index in [-0.39, 0.29) is 23.3 Å². The number of hydrogen-bond donors (Lipinski definition) is 1. The highest BCUT2D eigenvalue weighted by atomic mass is 16.5. The molecule has 1 aliphatic carbocycles. The molecule has 0 unspecified atom stereocenters. The lowest BCUT2D eigenvalue weighted by molar-refractivity contribution is -0.117. The molecule has 1 saturated carbocycles. The van der Waals surface area contributed by atoms with E-state index >= 15 is 0 Å². The molecular formula is C14H11N3O2. The minimum absolute atomic E-state index is 0.0526. The Labute approximate surface area is 109 Å². The highest BCUT2D eigenvalue weighted by Crippen LogP contribution is 2.32. The molecule has 0 atom stereocenters. The number of benzene rings is 1. The average Bonchev–Trinajstić information content (AvgIpc) is 3.22. The molecule has 2 aromatic rings. The normalized spacial score (nSPS) is 13.8. The molecule has 1 aromatic carbocycles. The number of nitrogens with one attached hydrogen (secondary N) is 1. The zero-order valence-electron chi connectivity index (χ0n) is 10.1. The Hall–Kier alpha value is -2.61.